The van der Waals surface area contributed by atoms with E-state index in [1.165, 1.54) is 11.2 Å². The minimum Gasteiger partial charge on any atom is -0.400 e. The van der Waals surface area contributed by atoms with Gasteiger partial charge >= 0.3 is 7.12 Å². The van der Waals surface area contributed by atoms with E-state index >= 15 is 0 Å². The first kappa shape index (κ1) is 12.5. The first-order valence-electron chi connectivity index (χ1n) is 6.11. The second-order valence-electron chi connectivity index (χ2n) is 5.27. The Bertz CT molecular complexity index is 303. The Morgan fingerprint density at radius 1 is 1.38 bits per heavy atom. The molecule has 2 nitrogen and oxygen atoms in total. The normalized spacial score (nSPS) is 34.0. The maximum absolute atomic E-state index is 6.15. The minimum atomic E-state index is -0.197. The third-order valence-electron chi connectivity index (χ3n) is 4.02. The number of allylic oxidation sites excluding steroid dienone is 1. The average molecular weight is 240 g/mol. The lowest BCUT2D eigenvalue weighted by molar-refractivity contribution is -0.0118. The lowest BCUT2D eigenvalue weighted by atomic mass is 9.76. The monoisotopic (exact) mass is 240 g/mol. The van der Waals surface area contributed by atoms with Crippen molar-refractivity contribution in [1.82, 2.24) is 0 Å². The van der Waals surface area contributed by atoms with Crippen molar-refractivity contribution in [1.29, 1.82) is 0 Å². The maximum atomic E-state index is 6.15. The van der Waals surface area contributed by atoms with E-state index in [0.717, 1.165) is 18.6 Å². The van der Waals surface area contributed by atoms with E-state index in [2.05, 4.69) is 33.8 Å². The predicted octanol–water partition coefficient (Wildman–Crippen LogP) is 3.07. The summed E-state index contributed by atoms with van der Waals surface area (Å²) in [5.74, 6) is 2.29. The molecular weight excluding hydrogens is 219 g/mol. The molecule has 0 aromatic rings. The van der Waals surface area contributed by atoms with Crippen LogP contribution in [-0.2, 0) is 9.31 Å². The van der Waals surface area contributed by atoms with E-state index in [1.807, 2.05) is 11.8 Å². The average Bonchev–Trinajstić information content (AvgIpc) is 2.52. The number of hydrogen-bond donors (Lipinski definition) is 0. The van der Waals surface area contributed by atoms with Gasteiger partial charge in [-0.2, -0.15) is 11.8 Å². The summed E-state index contributed by atoms with van der Waals surface area (Å²) < 4.78 is 12.2. The van der Waals surface area contributed by atoms with Crippen molar-refractivity contribution in [3.63, 3.8) is 0 Å². The fraction of sp³-hybridized carbons (Fsp3) is 0.833. The first-order valence-corrected chi connectivity index (χ1v) is 7.26. The Balaban J connectivity index is 2.14. The van der Waals surface area contributed by atoms with Crippen LogP contribution in [0.2, 0.25) is 0 Å². The van der Waals surface area contributed by atoms with Crippen LogP contribution in [0.1, 0.15) is 40.5 Å². The molecule has 4 heteroatoms. The minimum absolute atomic E-state index is 0.110. The second-order valence-corrected chi connectivity index (χ2v) is 6.42. The molecule has 0 bridgehead atoms. The predicted molar refractivity (Wildman–Crippen MR) is 70.7 cm³/mol. The Labute approximate surface area is 103 Å². The van der Waals surface area contributed by atoms with Crippen LogP contribution in [0, 0.1) is 0 Å². The molecule has 0 spiro atoms. The largest absolute Gasteiger partial charge is 0.490 e. The lowest BCUT2D eigenvalue weighted by Gasteiger charge is -2.35. The highest BCUT2D eigenvalue weighted by Gasteiger charge is 2.53. The Hall–Kier alpha value is 0.0749. The Morgan fingerprint density at radius 2 is 2.12 bits per heavy atom. The van der Waals surface area contributed by atoms with Crippen LogP contribution in [0.5, 0.6) is 0 Å². The molecule has 2 heterocycles. The van der Waals surface area contributed by atoms with Crippen LogP contribution < -0.4 is 0 Å². The number of rotatable bonds is 2. The fourth-order valence-corrected chi connectivity index (χ4v) is 3.09. The van der Waals surface area contributed by atoms with Gasteiger partial charge in [-0.25, -0.2) is 0 Å². The quantitative estimate of drug-likeness (QED) is 0.691. The van der Waals surface area contributed by atoms with Crippen molar-refractivity contribution in [2.75, 3.05) is 11.5 Å². The van der Waals surface area contributed by atoms with Gasteiger partial charge in [-0.1, -0.05) is 13.0 Å². The molecule has 0 amide bonds. The van der Waals surface area contributed by atoms with Gasteiger partial charge in [0.05, 0.1) is 11.2 Å². The van der Waals surface area contributed by atoms with Crippen molar-refractivity contribution in [3.05, 3.63) is 11.5 Å². The van der Waals surface area contributed by atoms with Crippen LogP contribution in [0.15, 0.2) is 11.5 Å². The highest BCUT2D eigenvalue weighted by atomic mass is 32.2. The number of thioether (sulfide) groups is 1. The summed E-state index contributed by atoms with van der Waals surface area (Å²) in [6.07, 6.45) is 4.36. The van der Waals surface area contributed by atoms with E-state index in [0.29, 0.717) is 0 Å². The van der Waals surface area contributed by atoms with Crippen LogP contribution in [0.4, 0.5) is 0 Å². The lowest BCUT2D eigenvalue weighted by Crippen LogP contribution is -2.44. The molecule has 16 heavy (non-hydrogen) atoms. The molecule has 2 aliphatic heterocycles. The van der Waals surface area contributed by atoms with Gasteiger partial charge in [-0.3, -0.25) is 0 Å². The molecule has 0 aliphatic carbocycles. The molecule has 1 unspecified atom stereocenters. The zero-order valence-corrected chi connectivity index (χ0v) is 11.5. The molecular formula is C12H21BO2S. The van der Waals surface area contributed by atoms with Gasteiger partial charge in [-0.15, -0.1) is 0 Å². The summed E-state index contributed by atoms with van der Waals surface area (Å²) in [6.45, 7) is 8.59. The highest BCUT2D eigenvalue weighted by Crippen LogP contribution is 2.42. The van der Waals surface area contributed by atoms with Gasteiger partial charge in [-0.05, 0) is 44.8 Å². The molecule has 2 rings (SSSR count). The molecule has 2 aliphatic rings. The van der Waals surface area contributed by atoms with Crippen molar-refractivity contribution < 1.29 is 9.31 Å². The molecule has 0 radical (unpaired) electrons. The van der Waals surface area contributed by atoms with Gasteiger partial charge in [0.2, 0.25) is 0 Å². The van der Waals surface area contributed by atoms with Crippen LogP contribution in [0.25, 0.3) is 0 Å². The molecule has 1 saturated heterocycles. The van der Waals surface area contributed by atoms with Gasteiger partial charge in [0.1, 0.15) is 0 Å². The van der Waals surface area contributed by atoms with E-state index in [1.54, 1.807) is 0 Å². The van der Waals surface area contributed by atoms with Crippen LogP contribution in [-0.4, -0.2) is 29.8 Å². The Kier molecular flexibility index (Phi) is 3.44. The summed E-state index contributed by atoms with van der Waals surface area (Å²) in [5.41, 5.74) is 0.977. The summed E-state index contributed by atoms with van der Waals surface area (Å²) in [4.78, 5) is 0. The van der Waals surface area contributed by atoms with Gasteiger partial charge in [0.15, 0.2) is 0 Å². The van der Waals surface area contributed by atoms with Crippen LogP contribution >= 0.6 is 11.8 Å². The zero-order chi connectivity index (χ0) is 11.8. The van der Waals surface area contributed by atoms with E-state index in [9.17, 15) is 0 Å². The Morgan fingerprint density at radius 3 is 2.62 bits per heavy atom. The van der Waals surface area contributed by atoms with Crippen molar-refractivity contribution >= 4 is 18.9 Å². The number of hydrogen-bond acceptors (Lipinski definition) is 3. The summed E-state index contributed by atoms with van der Waals surface area (Å²) in [5, 5.41) is 0. The topological polar surface area (TPSA) is 18.5 Å². The van der Waals surface area contributed by atoms with E-state index < -0.39 is 0 Å². The molecule has 0 aromatic heterocycles. The third-order valence-corrected chi connectivity index (χ3v) is 4.91. The molecule has 1 atom stereocenters. The van der Waals surface area contributed by atoms with Gasteiger partial charge in [0, 0.05) is 5.75 Å². The third kappa shape index (κ3) is 2.07. The highest BCUT2D eigenvalue weighted by molar-refractivity contribution is 7.99. The van der Waals surface area contributed by atoms with E-state index in [4.69, 9.17) is 9.31 Å². The SMILES string of the molecule is CCC1(C)OB(C2=CCSCC2)OC1(C)C. The van der Waals surface area contributed by atoms with Gasteiger partial charge in [0.25, 0.3) is 0 Å². The summed E-state index contributed by atoms with van der Waals surface area (Å²) >= 11 is 1.98. The van der Waals surface area contributed by atoms with Crippen molar-refractivity contribution in [2.45, 2.75) is 51.7 Å². The first-order chi connectivity index (χ1) is 7.48. The standard InChI is InChI=1S/C12H21BO2S/c1-5-12(4)11(2,3)14-13(15-12)10-6-8-16-9-7-10/h6H,5,7-9H2,1-4H3. The molecule has 0 aromatic carbocycles. The van der Waals surface area contributed by atoms with Gasteiger partial charge < -0.3 is 9.31 Å². The fourth-order valence-electron chi connectivity index (χ4n) is 2.21. The van der Waals surface area contributed by atoms with Crippen LogP contribution in [0.3, 0.4) is 0 Å². The molecule has 0 N–H and O–H groups in total. The molecule has 0 saturated carbocycles. The second kappa shape index (κ2) is 4.39. The van der Waals surface area contributed by atoms with Crippen molar-refractivity contribution in [3.8, 4) is 0 Å². The maximum Gasteiger partial charge on any atom is 0.490 e. The zero-order valence-electron chi connectivity index (χ0n) is 10.7. The summed E-state index contributed by atoms with van der Waals surface area (Å²) in [7, 11) is -0.110. The summed E-state index contributed by atoms with van der Waals surface area (Å²) in [6, 6.07) is 0. The molecule has 1 fully saturated rings. The smallest absolute Gasteiger partial charge is 0.400 e. The molecule has 90 valence electrons. The van der Waals surface area contributed by atoms with E-state index in [-0.39, 0.29) is 18.3 Å². The van der Waals surface area contributed by atoms with Crippen molar-refractivity contribution in [2.24, 2.45) is 0 Å².